The summed E-state index contributed by atoms with van der Waals surface area (Å²) in [5, 5.41) is 10.7. The van der Waals surface area contributed by atoms with Crippen molar-refractivity contribution >= 4 is 73.2 Å². The molecule has 5 nitrogen and oxygen atoms in total. The zero-order chi connectivity index (χ0) is 21.0. The molecule has 0 radical (unpaired) electrons. The van der Waals surface area contributed by atoms with Crippen molar-refractivity contribution in [3.63, 3.8) is 0 Å². The third-order valence-corrected chi connectivity index (χ3v) is 7.31. The van der Waals surface area contributed by atoms with Crippen LogP contribution in [0.2, 0.25) is 10.0 Å². The SMILES string of the molecule is N#Cc1ccc(-c2nc3sc(C=C4C(=O)c5cc(Cl)c(Cl)cc5C4=O)nc3s2)cc1. The molecule has 9 heteroatoms. The van der Waals surface area contributed by atoms with Gasteiger partial charge in [0.15, 0.2) is 21.2 Å². The van der Waals surface area contributed by atoms with Gasteiger partial charge in [-0.2, -0.15) is 5.26 Å². The standard InChI is InChI=1S/C21H7Cl2N3O2S2/c22-14-5-11-12(6-15(14)23)18(28)13(17(11)27)7-16-25-20-21(29-16)26-19(30-20)10-3-1-9(8-24)2-4-10/h1-7H. The first kappa shape index (κ1) is 19.1. The fourth-order valence-corrected chi connectivity index (χ4v) is 5.43. The summed E-state index contributed by atoms with van der Waals surface area (Å²) in [6, 6.07) is 12.1. The predicted octanol–water partition coefficient (Wildman–Crippen LogP) is 6.06. The van der Waals surface area contributed by atoms with Gasteiger partial charge in [-0.1, -0.05) is 58.0 Å². The second kappa shape index (κ2) is 7.11. The molecule has 5 rings (SSSR count). The Bertz CT molecular complexity index is 1390. The molecule has 0 saturated carbocycles. The number of nitrogens with zero attached hydrogens (tertiary/aromatic N) is 3. The lowest BCUT2D eigenvalue weighted by molar-refractivity contribution is 0.0990. The molecule has 0 aliphatic heterocycles. The van der Waals surface area contributed by atoms with Crippen molar-refractivity contribution in [3.8, 4) is 16.6 Å². The number of aromatic nitrogens is 2. The van der Waals surface area contributed by atoms with Crippen molar-refractivity contribution in [3.05, 3.63) is 73.7 Å². The number of thiazole rings is 2. The maximum Gasteiger partial charge on any atom is 0.197 e. The zero-order valence-electron chi connectivity index (χ0n) is 14.8. The van der Waals surface area contributed by atoms with Crippen molar-refractivity contribution in [2.24, 2.45) is 0 Å². The minimum atomic E-state index is -0.390. The van der Waals surface area contributed by atoms with E-state index in [-0.39, 0.29) is 26.7 Å². The number of fused-ring (bicyclic) bond motifs is 2. The van der Waals surface area contributed by atoms with Crippen LogP contribution in [0.5, 0.6) is 0 Å². The summed E-state index contributed by atoms with van der Waals surface area (Å²) in [4.78, 5) is 35.9. The Morgan fingerprint density at radius 3 is 2.07 bits per heavy atom. The average Bonchev–Trinajstić information content (AvgIpc) is 3.37. The third kappa shape index (κ3) is 3.06. The van der Waals surface area contributed by atoms with Gasteiger partial charge in [-0.05, 0) is 30.3 Å². The molecular formula is C21H7Cl2N3O2S2. The van der Waals surface area contributed by atoms with Crippen LogP contribution in [0.1, 0.15) is 31.3 Å². The van der Waals surface area contributed by atoms with E-state index in [1.54, 1.807) is 12.1 Å². The van der Waals surface area contributed by atoms with Gasteiger partial charge in [-0.3, -0.25) is 9.59 Å². The van der Waals surface area contributed by atoms with Crippen LogP contribution in [0, 0.1) is 11.3 Å². The van der Waals surface area contributed by atoms with E-state index in [4.69, 9.17) is 28.5 Å². The summed E-state index contributed by atoms with van der Waals surface area (Å²) < 4.78 is 0. The van der Waals surface area contributed by atoms with Crippen LogP contribution in [0.4, 0.5) is 0 Å². The fourth-order valence-electron chi connectivity index (χ4n) is 3.10. The lowest BCUT2D eigenvalue weighted by Crippen LogP contribution is -2.00. The molecule has 0 fully saturated rings. The van der Waals surface area contributed by atoms with Crippen LogP contribution in [-0.4, -0.2) is 21.5 Å². The summed E-state index contributed by atoms with van der Waals surface area (Å²) in [6.45, 7) is 0. The Kier molecular flexibility index (Phi) is 4.53. The van der Waals surface area contributed by atoms with Crippen LogP contribution in [0.25, 0.3) is 26.3 Å². The summed E-state index contributed by atoms with van der Waals surface area (Å²) in [5.41, 5.74) is 2.02. The van der Waals surface area contributed by atoms with Gasteiger partial charge in [0.25, 0.3) is 0 Å². The van der Waals surface area contributed by atoms with E-state index in [0.717, 1.165) is 10.6 Å². The van der Waals surface area contributed by atoms with Gasteiger partial charge in [0.1, 0.15) is 10.0 Å². The number of halogens is 2. The van der Waals surface area contributed by atoms with E-state index in [9.17, 15) is 9.59 Å². The second-order valence-corrected chi connectivity index (χ2v) is 9.20. The van der Waals surface area contributed by atoms with Crippen LogP contribution in [0.15, 0.2) is 42.0 Å². The first-order valence-corrected chi connectivity index (χ1v) is 10.9. The number of rotatable bonds is 2. The molecule has 2 aromatic heterocycles. The van der Waals surface area contributed by atoms with Crippen molar-refractivity contribution < 1.29 is 9.59 Å². The molecule has 0 unspecified atom stereocenters. The summed E-state index contributed by atoms with van der Waals surface area (Å²) in [5.74, 6) is -0.781. The first-order valence-electron chi connectivity index (χ1n) is 8.52. The molecule has 144 valence electrons. The topological polar surface area (TPSA) is 83.7 Å². The van der Waals surface area contributed by atoms with Crippen molar-refractivity contribution in [2.45, 2.75) is 0 Å². The maximum atomic E-state index is 12.7. The highest BCUT2D eigenvalue weighted by Gasteiger charge is 2.34. The molecule has 0 spiro atoms. The van der Waals surface area contributed by atoms with Gasteiger partial charge in [-0.25, -0.2) is 9.97 Å². The molecule has 1 aliphatic rings. The molecule has 30 heavy (non-hydrogen) atoms. The van der Waals surface area contributed by atoms with Crippen LogP contribution < -0.4 is 0 Å². The quantitative estimate of drug-likeness (QED) is 0.264. The smallest absolute Gasteiger partial charge is 0.197 e. The average molecular weight is 468 g/mol. The number of Topliss-reactive ketones (excluding diaryl/α,β-unsaturated/α-hetero) is 2. The summed E-state index contributed by atoms with van der Waals surface area (Å²) >= 11 is 14.7. The van der Waals surface area contributed by atoms with Crippen LogP contribution in [0.3, 0.4) is 0 Å². The van der Waals surface area contributed by atoms with Crippen LogP contribution in [-0.2, 0) is 0 Å². The van der Waals surface area contributed by atoms with E-state index < -0.39 is 11.6 Å². The molecular weight excluding hydrogens is 461 g/mol. The van der Waals surface area contributed by atoms with Crippen molar-refractivity contribution in [2.75, 3.05) is 0 Å². The number of hydrogen-bond acceptors (Lipinski definition) is 7. The van der Waals surface area contributed by atoms with E-state index in [1.807, 2.05) is 12.1 Å². The van der Waals surface area contributed by atoms with Gasteiger partial charge in [-0.15, -0.1) is 0 Å². The Morgan fingerprint density at radius 2 is 1.50 bits per heavy atom. The van der Waals surface area contributed by atoms with E-state index in [2.05, 4.69) is 16.0 Å². The number of carbonyl (C=O) groups is 2. The Morgan fingerprint density at radius 1 is 0.900 bits per heavy atom. The van der Waals surface area contributed by atoms with Crippen molar-refractivity contribution in [1.82, 2.24) is 9.97 Å². The first-order chi connectivity index (χ1) is 14.4. The highest BCUT2D eigenvalue weighted by Crippen LogP contribution is 2.37. The monoisotopic (exact) mass is 467 g/mol. The molecule has 0 bridgehead atoms. The largest absolute Gasteiger partial charge is 0.288 e. The van der Waals surface area contributed by atoms with E-state index in [0.29, 0.717) is 20.2 Å². The highest BCUT2D eigenvalue weighted by molar-refractivity contribution is 7.28. The summed E-state index contributed by atoms with van der Waals surface area (Å²) in [6.07, 6.45) is 1.49. The van der Waals surface area contributed by atoms with Gasteiger partial charge >= 0.3 is 0 Å². The Labute approximate surface area is 187 Å². The lowest BCUT2D eigenvalue weighted by Gasteiger charge is -1.98. The third-order valence-electron chi connectivity index (χ3n) is 4.56. The molecule has 0 atom stereocenters. The number of hydrogen-bond donors (Lipinski definition) is 0. The number of benzene rings is 2. The van der Waals surface area contributed by atoms with Crippen molar-refractivity contribution in [1.29, 1.82) is 5.26 Å². The summed E-state index contributed by atoms with van der Waals surface area (Å²) in [7, 11) is 0. The highest BCUT2D eigenvalue weighted by atomic mass is 35.5. The molecule has 2 aromatic carbocycles. The molecule has 0 amide bonds. The minimum absolute atomic E-state index is 0.0389. The maximum absolute atomic E-state index is 12.7. The second-order valence-electron chi connectivity index (χ2n) is 6.40. The van der Waals surface area contributed by atoms with Gasteiger partial charge in [0.2, 0.25) is 0 Å². The van der Waals surface area contributed by atoms with Gasteiger partial charge < -0.3 is 0 Å². The predicted molar refractivity (Wildman–Crippen MR) is 119 cm³/mol. The molecule has 0 saturated heterocycles. The normalized spacial score (nSPS) is 13.0. The number of carbonyl (C=O) groups excluding carboxylic acids is 2. The van der Waals surface area contributed by atoms with Gasteiger partial charge in [0, 0.05) is 16.7 Å². The fraction of sp³-hybridized carbons (Fsp3) is 0. The molecule has 4 aromatic rings. The molecule has 0 N–H and O–H groups in total. The van der Waals surface area contributed by atoms with Crippen LogP contribution >= 0.6 is 45.9 Å². The zero-order valence-corrected chi connectivity index (χ0v) is 17.9. The molecule has 2 heterocycles. The Balaban J connectivity index is 1.49. The Hall–Kier alpha value is -2.89. The van der Waals surface area contributed by atoms with E-state index >= 15 is 0 Å². The molecule has 1 aliphatic carbocycles. The van der Waals surface area contributed by atoms with Gasteiger partial charge in [0.05, 0.1) is 27.3 Å². The number of allylic oxidation sites excluding steroid dienone is 1. The van der Waals surface area contributed by atoms with E-state index in [1.165, 1.54) is 40.9 Å². The number of ketones is 2. The number of nitriles is 1. The minimum Gasteiger partial charge on any atom is -0.288 e. The lowest BCUT2D eigenvalue weighted by atomic mass is 10.1.